The van der Waals surface area contributed by atoms with E-state index in [0.29, 0.717) is 0 Å². The Morgan fingerprint density at radius 1 is 1.05 bits per heavy atom. The van der Waals surface area contributed by atoms with E-state index < -0.39 is 0 Å². The van der Waals surface area contributed by atoms with E-state index in [1.165, 1.54) is 0 Å². The van der Waals surface area contributed by atoms with Crippen molar-refractivity contribution in [3.63, 3.8) is 0 Å². The molecule has 4 aliphatic rings. The van der Waals surface area contributed by atoms with Gasteiger partial charge in [0, 0.05) is 0 Å². The molecule has 2 nitrogen and oxygen atoms in total. The lowest BCUT2D eigenvalue weighted by molar-refractivity contribution is -0.0979. The number of carbonyl (C=O) groups is 1. The molecule has 1 aromatic rings. The molecule has 4 aliphatic carbocycles. The first-order valence-corrected chi connectivity index (χ1v) is 9.76. The second-order valence-corrected chi connectivity index (χ2v) is 9.32. The molecular weight excluding hydrogens is 273 g/mol. The van der Waals surface area contributed by atoms with Gasteiger partial charge in [-0.05, 0) is 56.1 Å². The monoisotopic (exact) mass is 296 g/mol. The number of hydrogen-bond acceptors (Lipinski definition) is 2. The molecule has 0 spiro atoms. The van der Waals surface area contributed by atoms with E-state index in [1.54, 1.807) is 42.9 Å². The van der Waals surface area contributed by atoms with E-state index in [0.717, 1.165) is 33.5 Å². The van der Waals surface area contributed by atoms with Crippen molar-refractivity contribution in [1.29, 1.82) is 0 Å². The van der Waals surface area contributed by atoms with E-state index in [9.17, 15) is 0 Å². The van der Waals surface area contributed by atoms with Gasteiger partial charge in [0.2, 0.25) is 0 Å². The van der Waals surface area contributed by atoms with Crippen LogP contribution in [-0.2, 0) is 4.79 Å². The number of benzene rings is 1. The van der Waals surface area contributed by atoms with Crippen molar-refractivity contribution < 1.29 is 9.53 Å². The fourth-order valence-electron chi connectivity index (χ4n) is 5.44. The van der Waals surface area contributed by atoms with Crippen LogP contribution in [0.4, 0.5) is 0 Å². The number of rotatable bonds is 3. The molecule has 4 bridgehead atoms. The highest BCUT2D eigenvalue weighted by Crippen LogP contribution is 2.58. The van der Waals surface area contributed by atoms with Gasteiger partial charge in [0.15, 0.2) is 0 Å². The average Bonchev–Trinajstić information content (AvgIpc) is 2.52. The van der Waals surface area contributed by atoms with Gasteiger partial charge in [-0.3, -0.25) is 0 Å². The Hall–Kier alpha value is -0.544. The first kappa shape index (κ1) is 15.4. The van der Waals surface area contributed by atoms with Gasteiger partial charge in [-0.2, -0.15) is 3.69 Å². The normalized spacial score (nSPS) is 35.6. The summed E-state index contributed by atoms with van der Waals surface area (Å²) in [4.78, 5) is 8.00. The van der Waals surface area contributed by atoms with Crippen molar-refractivity contribution in [2.24, 2.45) is 23.7 Å². The molecule has 0 amide bonds. The minimum absolute atomic E-state index is 0.125. The van der Waals surface area contributed by atoms with Crippen LogP contribution in [0.3, 0.4) is 0 Å². The number of methoxy groups -OCH3 is 1. The van der Waals surface area contributed by atoms with E-state index in [2.05, 4.69) is 24.3 Å². The number of ether oxygens (including phenoxy) is 1. The Labute approximate surface area is 137 Å². The first-order chi connectivity index (χ1) is 10.3. The molecule has 0 saturated heterocycles. The first-order valence-electron chi connectivity index (χ1n) is 8.23. The topological polar surface area (TPSA) is 26.3 Å². The van der Waals surface area contributed by atoms with Crippen LogP contribution in [0.2, 0.25) is 4.05 Å². The Morgan fingerprint density at radius 2 is 1.67 bits per heavy atom. The summed E-state index contributed by atoms with van der Waals surface area (Å²) in [6.45, 7) is 2.00. The van der Waals surface area contributed by atoms with Gasteiger partial charge in [-0.25, -0.2) is 0 Å². The van der Waals surface area contributed by atoms with Crippen LogP contribution in [0, 0.1) is 23.7 Å². The SMILES string of the molecule is C=O.COc1ccc[c]([Mg][CH]2C3CC4CC(C3)CC2C4)c1. The second kappa shape index (κ2) is 6.70. The Bertz CT molecular complexity index is 460. The minimum atomic E-state index is -0.125. The lowest BCUT2D eigenvalue weighted by Gasteiger charge is -2.55. The van der Waals surface area contributed by atoms with Crippen LogP contribution in [-0.4, -0.2) is 34.3 Å². The third-order valence-electron chi connectivity index (χ3n) is 6.03. The fraction of sp³-hybridized carbons (Fsp3) is 0.611. The van der Waals surface area contributed by atoms with Crippen molar-refractivity contribution in [1.82, 2.24) is 0 Å². The van der Waals surface area contributed by atoms with Crippen LogP contribution in [0.5, 0.6) is 5.75 Å². The molecule has 0 N–H and O–H groups in total. The van der Waals surface area contributed by atoms with Gasteiger partial charge >= 0.3 is 20.4 Å². The zero-order valence-corrected chi connectivity index (χ0v) is 14.4. The zero-order chi connectivity index (χ0) is 14.8. The maximum absolute atomic E-state index is 8.00. The van der Waals surface area contributed by atoms with Gasteiger partial charge < -0.3 is 9.53 Å². The van der Waals surface area contributed by atoms with Gasteiger partial charge in [0.25, 0.3) is 0 Å². The largest absolute Gasteiger partial charge is 0.497 e. The molecule has 0 radical (unpaired) electrons. The Kier molecular flexibility index (Phi) is 4.90. The highest BCUT2D eigenvalue weighted by molar-refractivity contribution is 6.55. The zero-order valence-electron chi connectivity index (χ0n) is 13.0. The Morgan fingerprint density at radius 3 is 2.24 bits per heavy atom. The third-order valence-corrected chi connectivity index (χ3v) is 8.74. The van der Waals surface area contributed by atoms with Crippen molar-refractivity contribution in [3.8, 4) is 5.75 Å². The maximum atomic E-state index is 8.00. The van der Waals surface area contributed by atoms with Gasteiger partial charge in [-0.15, -0.1) is 4.05 Å². The van der Waals surface area contributed by atoms with E-state index >= 15 is 0 Å². The second-order valence-electron chi connectivity index (χ2n) is 7.15. The standard InChI is InChI=1S/C10H15.C7H7O.CH2O.Mg/c1-7-2-9-4-8(1)5-10(3-7)6-9;1-8-7-5-3-2-4-6-7;1-2;/h1,7-10H,2-6H2;2-3,5-6H,1H3;1H2;. The molecule has 3 heteroatoms. The number of carbonyl (C=O) groups excluding carboxylic acids is 1. The summed E-state index contributed by atoms with van der Waals surface area (Å²) in [5.41, 5.74) is 0. The van der Waals surface area contributed by atoms with Crippen molar-refractivity contribution in [3.05, 3.63) is 24.3 Å². The van der Waals surface area contributed by atoms with E-state index in [4.69, 9.17) is 9.53 Å². The predicted molar refractivity (Wildman–Crippen MR) is 86.3 cm³/mol. The molecule has 1 aromatic carbocycles. The highest BCUT2D eigenvalue weighted by atomic mass is 24.5. The van der Waals surface area contributed by atoms with Crippen LogP contribution in [0.25, 0.3) is 0 Å². The lowest BCUT2D eigenvalue weighted by atomic mass is 9.56. The van der Waals surface area contributed by atoms with Crippen LogP contribution in [0.1, 0.15) is 32.1 Å². The third kappa shape index (κ3) is 3.14. The summed E-state index contributed by atoms with van der Waals surface area (Å²) in [6, 6.07) is 8.91. The summed E-state index contributed by atoms with van der Waals surface area (Å²) < 4.78 is 8.10. The molecular formula is C18H24MgO2. The van der Waals surface area contributed by atoms with Gasteiger partial charge in [0.05, 0.1) is 7.11 Å². The molecule has 5 rings (SSSR count). The summed E-state index contributed by atoms with van der Waals surface area (Å²) in [7, 11) is 1.78. The Balaban J connectivity index is 0.000000636. The summed E-state index contributed by atoms with van der Waals surface area (Å²) in [5, 5.41) is 0. The van der Waals surface area contributed by atoms with Crippen LogP contribution < -0.4 is 8.43 Å². The summed E-state index contributed by atoms with van der Waals surface area (Å²) >= 11 is -0.125. The lowest BCUT2D eigenvalue weighted by Crippen LogP contribution is -2.46. The molecule has 21 heavy (non-hydrogen) atoms. The quantitative estimate of drug-likeness (QED) is 0.801. The molecule has 0 aliphatic heterocycles. The fourth-order valence-corrected chi connectivity index (χ4v) is 8.01. The van der Waals surface area contributed by atoms with Gasteiger partial charge in [-0.1, -0.05) is 24.0 Å². The van der Waals surface area contributed by atoms with Crippen molar-refractivity contribution >= 4 is 30.8 Å². The van der Waals surface area contributed by atoms with Crippen molar-refractivity contribution in [2.75, 3.05) is 7.11 Å². The molecule has 0 atom stereocenters. The molecule has 110 valence electrons. The minimum Gasteiger partial charge on any atom is -0.497 e. The van der Waals surface area contributed by atoms with Gasteiger partial charge in [0.1, 0.15) is 12.5 Å². The predicted octanol–water partition coefficient (Wildman–Crippen LogP) is 3.08. The molecule has 0 aromatic heterocycles. The maximum Gasteiger partial charge on any atom is 0.413 e. The average molecular weight is 297 g/mol. The number of hydrogen-bond donors (Lipinski definition) is 0. The van der Waals surface area contributed by atoms with Crippen LogP contribution >= 0.6 is 0 Å². The van der Waals surface area contributed by atoms with Crippen LogP contribution in [0.15, 0.2) is 24.3 Å². The van der Waals surface area contributed by atoms with Crippen molar-refractivity contribution in [2.45, 2.75) is 36.2 Å². The smallest absolute Gasteiger partial charge is 0.413 e. The molecule has 4 fully saturated rings. The van der Waals surface area contributed by atoms with E-state index in [1.807, 2.05) is 6.79 Å². The molecule has 4 saturated carbocycles. The van der Waals surface area contributed by atoms with E-state index in [-0.39, 0.29) is 20.4 Å². The molecule has 0 unspecified atom stereocenters. The summed E-state index contributed by atoms with van der Waals surface area (Å²) in [5.74, 6) is 5.45. The highest BCUT2D eigenvalue weighted by Gasteiger charge is 2.47. The summed E-state index contributed by atoms with van der Waals surface area (Å²) in [6.07, 6.45) is 7.83. The molecule has 0 heterocycles.